The number of carbonyl (C=O) groups excluding carboxylic acids is 1. The molecule has 0 saturated heterocycles. The lowest BCUT2D eigenvalue weighted by atomic mass is 9.95. The lowest BCUT2D eigenvalue weighted by molar-refractivity contribution is 0.0601. The molecule has 4 rings (SSSR count). The molecule has 2 aromatic carbocycles. The van der Waals surface area contributed by atoms with Gasteiger partial charge < -0.3 is 19.5 Å². The Labute approximate surface area is 207 Å². The summed E-state index contributed by atoms with van der Waals surface area (Å²) in [5.74, 6) is 0.818. The van der Waals surface area contributed by atoms with E-state index in [-0.39, 0.29) is 23.8 Å². The van der Waals surface area contributed by atoms with Crippen LogP contribution in [0.5, 0.6) is 11.5 Å². The number of H-pyrrole nitrogens is 1. The van der Waals surface area contributed by atoms with Crippen LogP contribution in [0.2, 0.25) is 0 Å². The Hall–Kier alpha value is -3.32. The number of amides is 1. The van der Waals surface area contributed by atoms with E-state index in [2.05, 4.69) is 17.1 Å². The molecule has 1 aliphatic rings. The molecule has 2 N–H and O–H groups in total. The van der Waals surface area contributed by atoms with Gasteiger partial charge in [0.1, 0.15) is 22.9 Å². The van der Waals surface area contributed by atoms with Gasteiger partial charge in [0.2, 0.25) is 0 Å². The molecule has 0 radical (unpaired) electrons. The van der Waals surface area contributed by atoms with Crippen molar-refractivity contribution in [3.63, 3.8) is 0 Å². The van der Waals surface area contributed by atoms with Crippen molar-refractivity contribution < 1.29 is 19.4 Å². The molecule has 3 aromatic rings. The highest BCUT2D eigenvalue weighted by Crippen LogP contribution is 2.44. The van der Waals surface area contributed by atoms with Gasteiger partial charge in [0.15, 0.2) is 0 Å². The van der Waals surface area contributed by atoms with Crippen molar-refractivity contribution in [2.75, 3.05) is 19.8 Å². The van der Waals surface area contributed by atoms with E-state index in [1.165, 1.54) is 0 Å². The van der Waals surface area contributed by atoms with Gasteiger partial charge in [-0.2, -0.15) is 5.10 Å². The van der Waals surface area contributed by atoms with Gasteiger partial charge in [-0.05, 0) is 56.5 Å². The van der Waals surface area contributed by atoms with E-state index in [1.54, 1.807) is 12.1 Å². The van der Waals surface area contributed by atoms with Crippen molar-refractivity contribution in [3.8, 4) is 22.8 Å². The number of aromatic hydroxyl groups is 1. The van der Waals surface area contributed by atoms with E-state index < -0.39 is 0 Å². The van der Waals surface area contributed by atoms with Gasteiger partial charge in [-0.3, -0.25) is 9.89 Å². The van der Waals surface area contributed by atoms with E-state index in [0.29, 0.717) is 36.7 Å². The number of aromatic nitrogens is 2. The summed E-state index contributed by atoms with van der Waals surface area (Å²) in [5.41, 5.74) is 3.39. The summed E-state index contributed by atoms with van der Waals surface area (Å²) in [6.45, 7) is 7.96. The monoisotopic (exact) mass is 477 g/mol. The van der Waals surface area contributed by atoms with E-state index >= 15 is 0 Å². The maximum Gasteiger partial charge on any atom is 0.273 e. The number of phenolic OH excluding ortho intramolecular Hbond substituents is 1. The molecule has 1 atom stereocenters. The number of nitrogens with one attached hydrogen (secondary N) is 1. The molecule has 0 bridgehead atoms. The number of para-hydroxylation sites is 1. The van der Waals surface area contributed by atoms with Crippen LogP contribution in [-0.4, -0.2) is 52.0 Å². The summed E-state index contributed by atoms with van der Waals surface area (Å²) in [5, 5.41) is 17.9. The number of fused-ring (bicyclic) bond motifs is 1. The average molecular weight is 478 g/mol. The number of hydrogen-bond acceptors (Lipinski definition) is 5. The number of carbonyl (C=O) groups is 1. The minimum Gasteiger partial charge on any atom is -0.507 e. The van der Waals surface area contributed by atoms with Crippen LogP contribution >= 0.6 is 0 Å². The first kappa shape index (κ1) is 24.8. The molecule has 1 unspecified atom stereocenters. The van der Waals surface area contributed by atoms with Crippen LogP contribution in [0.25, 0.3) is 11.3 Å². The minimum absolute atomic E-state index is 0.0991. The van der Waals surface area contributed by atoms with Crippen LogP contribution < -0.4 is 4.74 Å². The van der Waals surface area contributed by atoms with Crippen molar-refractivity contribution in [2.45, 2.75) is 58.6 Å². The predicted octanol–water partition coefficient (Wildman–Crippen LogP) is 5.71. The smallest absolute Gasteiger partial charge is 0.273 e. The summed E-state index contributed by atoms with van der Waals surface area (Å²) in [6, 6.07) is 14.7. The van der Waals surface area contributed by atoms with Crippen molar-refractivity contribution in [2.24, 2.45) is 0 Å². The van der Waals surface area contributed by atoms with Gasteiger partial charge in [0, 0.05) is 24.3 Å². The normalized spacial score (nSPS) is 15.1. The first-order valence-electron chi connectivity index (χ1n) is 12.5. The Morgan fingerprint density at radius 3 is 2.69 bits per heavy atom. The third-order valence-electron chi connectivity index (χ3n) is 6.21. The fourth-order valence-corrected chi connectivity index (χ4v) is 4.52. The van der Waals surface area contributed by atoms with Crippen molar-refractivity contribution in [1.82, 2.24) is 15.1 Å². The number of rotatable bonds is 12. The van der Waals surface area contributed by atoms with E-state index in [4.69, 9.17) is 9.47 Å². The van der Waals surface area contributed by atoms with Gasteiger partial charge in [-0.25, -0.2) is 0 Å². The average Bonchev–Trinajstić information content (AvgIpc) is 3.39. The highest BCUT2D eigenvalue weighted by atomic mass is 16.5. The molecule has 35 heavy (non-hydrogen) atoms. The third-order valence-corrected chi connectivity index (χ3v) is 6.21. The molecular weight excluding hydrogens is 442 g/mol. The summed E-state index contributed by atoms with van der Waals surface area (Å²) < 4.78 is 11.7. The van der Waals surface area contributed by atoms with Gasteiger partial charge in [-0.1, -0.05) is 44.0 Å². The molecule has 1 amide bonds. The molecule has 0 fully saturated rings. The Kier molecular flexibility index (Phi) is 8.08. The molecular formula is C28H35N3O4. The molecule has 0 saturated carbocycles. The second-order valence-corrected chi connectivity index (χ2v) is 9.18. The Bertz CT molecular complexity index is 1140. The van der Waals surface area contributed by atoms with Crippen LogP contribution in [0, 0.1) is 0 Å². The maximum absolute atomic E-state index is 13.5. The van der Waals surface area contributed by atoms with E-state index in [0.717, 1.165) is 42.6 Å². The van der Waals surface area contributed by atoms with Crippen LogP contribution in [0.15, 0.2) is 48.5 Å². The highest BCUT2D eigenvalue weighted by molar-refractivity contribution is 6.00. The molecule has 1 aromatic heterocycles. The molecule has 7 nitrogen and oxygen atoms in total. The number of ether oxygens (including phenoxy) is 2. The number of aromatic amines is 1. The van der Waals surface area contributed by atoms with Crippen molar-refractivity contribution in [3.05, 3.63) is 65.4 Å². The molecule has 2 heterocycles. The van der Waals surface area contributed by atoms with Crippen molar-refractivity contribution >= 4 is 5.91 Å². The fraction of sp³-hybridized carbons (Fsp3) is 0.429. The third kappa shape index (κ3) is 5.51. The predicted molar refractivity (Wildman–Crippen MR) is 136 cm³/mol. The zero-order chi connectivity index (χ0) is 24.8. The highest BCUT2D eigenvalue weighted by Gasteiger charge is 2.42. The Morgan fingerprint density at radius 1 is 1.09 bits per heavy atom. The van der Waals surface area contributed by atoms with Gasteiger partial charge in [0.25, 0.3) is 5.91 Å². The first-order valence-corrected chi connectivity index (χ1v) is 12.5. The zero-order valence-electron chi connectivity index (χ0n) is 20.8. The van der Waals surface area contributed by atoms with Crippen molar-refractivity contribution in [1.29, 1.82) is 0 Å². The largest absolute Gasteiger partial charge is 0.507 e. The lowest BCUT2D eigenvalue weighted by Gasteiger charge is -2.27. The number of nitrogens with zero attached hydrogens (tertiary/aromatic N) is 2. The summed E-state index contributed by atoms with van der Waals surface area (Å²) in [7, 11) is 0. The molecule has 1 aliphatic heterocycles. The summed E-state index contributed by atoms with van der Waals surface area (Å²) >= 11 is 0. The Balaban J connectivity index is 1.69. The quantitative estimate of drug-likeness (QED) is 0.326. The molecule has 0 aliphatic carbocycles. The standard InChI is InChI=1S/C28H35N3O4/c1-4-5-8-16-35-21-12-9-11-20(18-21)27-24-25(22-13-6-7-14-23(22)32)29-30-26(24)28(33)31(27)15-10-17-34-19(2)3/h6-7,9,11-14,18-19,27,32H,4-5,8,10,15-17H2,1-3H3,(H,29,30). The second-order valence-electron chi connectivity index (χ2n) is 9.18. The number of hydrogen-bond donors (Lipinski definition) is 2. The summed E-state index contributed by atoms with van der Waals surface area (Å²) in [4.78, 5) is 15.4. The molecule has 7 heteroatoms. The summed E-state index contributed by atoms with van der Waals surface area (Å²) in [6.07, 6.45) is 4.14. The molecule has 186 valence electrons. The van der Waals surface area contributed by atoms with Crippen LogP contribution in [0.4, 0.5) is 0 Å². The van der Waals surface area contributed by atoms with E-state index in [1.807, 2.05) is 55.1 Å². The van der Waals surface area contributed by atoms with E-state index in [9.17, 15) is 9.90 Å². The number of unbranched alkanes of at least 4 members (excludes halogenated alkanes) is 2. The van der Waals surface area contributed by atoms with Gasteiger partial charge in [0.05, 0.1) is 18.8 Å². The van der Waals surface area contributed by atoms with Crippen LogP contribution in [0.3, 0.4) is 0 Å². The molecule has 0 spiro atoms. The first-order chi connectivity index (χ1) is 17.0. The van der Waals surface area contributed by atoms with Gasteiger partial charge >= 0.3 is 0 Å². The Morgan fingerprint density at radius 2 is 1.91 bits per heavy atom. The number of phenols is 1. The topological polar surface area (TPSA) is 87.7 Å². The SMILES string of the molecule is CCCCCOc1cccc(C2c3c(-c4ccccc4O)n[nH]c3C(=O)N2CCCOC(C)C)c1. The maximum atomic E-state index is 13.5. The zero-order valence-corrected chi connectivity index (χ0v) is 20.8. The van der Waals surface area contributed by atoms with Crippen LogP contribution in [0.1, 0.15) is 74.1 Å². The fourth-order valence-electron chi connectivity index (χ4n) is 4.52. The van der Waals surface area contributed by atoms with Crippen LogP contribution in [-0.2, 0) is 4.74 Å². The minimum atomic E-state index is -0.343. The van der Waals surface area contributed by atoms with Gasteiger partial charge in [-0.15, -0.1) is 0 Å². The second kappa shape index (κ2) is 11.4. The lowest BCUT2D eigenvalue weighted by Crippen LogP contribution is -2.31. The number of benzene rings is 2.